The van der Waals surface area contributed by atoms with E-state index in [9.17, 15) is 0 Å². The lowest BCUT2D eigenvalue weighted by molar-refractivity contribution is 0.289. The minimum atomic E-state index is 0.160. The van der Waals surface area contributed by atoms with Crippen LogP contribution in [0.25, 0.3) is 0 Å². The number of hydrogen-bond donors (Lipinski definition) is 1. The summed E-state index contributed by atoms with van der Waals surface area (Å²) in [7, 11) is 0. The first-order valence-corrected chi connectivity index (χ1v) is 8.51. The average Bonchev–Trinajstić information content (AvgIpc) is 3.26. The predicted molar refractivity (Wildman–Crippen MR) is 87.7 cm³/mol. The first kappa shape index (κ1) is 13.6. The van der Waals surface area contributed by atoms with Crippen LogP contribution < -0.4 is 10.6 Å². The summed E-state index contributed by atoms with van der Waals surface area (Å²) >= 11 is 0. The van der Waals surface area contributed by atoms with E-state index in [0.717, 1.165) is 31.6 Å². The molecule has 1 aromatic carbocycles. The molecule has 2 heterocycles. The molecular formula is C18H27N3. The number of nitrogens with zero attached hydrogens (tertiary/aromatic N) is 2. The van der Waals surface area contributed by atoms with E-state index < -0.39 is 0 Å². The summed E-state index contributed by atoms with van der Waals surface area (Å²) in [5.41, 5.74) is 9.43. The van der Waals surface area contributed by atoms with Gasteiger partial charge in [0.05, 0.1) is 5.54 Å². The summed E-state index contributed by atoms with van der Waals surface area (Å²) in [5.74, 6) is 0.721. The second-order valence-corrected chi connectivity index (χ2v) is 7.43. The molecule has 2 fully saturated rings. The molecule has 1 aromatic rings. The summed E-state index contributed by atoms with van der Waals surface area (Å²) in [6, 6.07) is 9.82. The third-order valence-electron chi connectivity index (χ3n) is 5.72. The SMILES string of the molecule is CC1Cc2ccccc2N(C2(CN)CCN(C3CC3)C2)C1. The van der Waals surface area contributed by atoms with Gasteiger partial charge in [-0.1, -0.05) is 25.1 Å². The largest absolute Gasteiger partial charge is 0.363 e. The van der Waals surface area contributed by atoms with Gasteiger partial charge in [-0.05, 0) is 43.2 Å². The number of hydrogen-bond acceptors (Lipinski definition) is 3. The zero-order valence-electron chi connectivity index (χ0n) is 13.1. The van der Waals surface area contributed by atoms with Crippen molar-refractivity contribution in [1.82, 2.24) is 4.90 Å². The Morgan fingerprint density at radius 2 is 2.10 bits per heavy atom. The van der Waals surface area contributed by atoms with E-state index in [2.05, 4.69) is 41.0 Å². The van der Waals surface area contributed by atoms with Gasteiger partial charge < -0.3 is 10.6 Å². The van der Waals surface area contributed by atoms with Gasteiger partial charge in [-0.25, -0.2) is 0 Å². The number of rotatable bonds is 3. The minimum absolute atomic E-state index is 0.160. The van der Waals surface area contributed by atoms with Crippen molar-refractivity contribution >= 4 is 5.69 Å². The van der Waals surface area contributed by atoms with Gasteiger partial charge in [-0.15, -0.1) is 0 Å². The van der Waals surface area contributed by atoms with Crippen molar-refractivity contribution in [1.29, 1.82) is 0 Å². The zero-order valence-corrected chi connectivity index (χ0v) is 13.1. The Morgan fingerprint density at radius 3 is 2.86 bits per heavy atom. The highest BCUT2D eigenvalue weighted by molar-refractivity contribution is 5.58. The molecule has 2 unspecified atom stereocenters. The third-order valence-corrected chi connectivity index (χ3v) is 5.72. The Hall–Kier alpha value is -1.06. The quantitative estimate of drug-likeness (QED) is 0.924. The van der Waals surface area contributed by atoms with Gasteiger partial charge in [-0.2, -0.15) is 0 Å². The predicted octanol–water partition coefficient (Wildman–Crippen LogP) is 2.25. The van der Waals surface area contributed by atoms with E-state index in [1.165, 1.54) is 43.5 Å². The molecule has 0 aromatic heterocycles. The number of likely N-dealkylation sites (tertiary alicyclic amines) is 1. The van der Waals surface area contributed by atoms with Crippen LogP contribution in [0.15, 0.2) is 24.3 Å². The van der Waals surface area contributed by atoms with Crippen LogP contribution in [-0.2, 0) is 6.42 Å². The Morgan fingerprint density at radius 1 is 1.29 bits per heavy atom. The third kappa shape index (κ3) is 2.27. The van der Waals surface area contributed by atoms with E-state index in [0.29, 0.717) is 0 Å². The molecule has 2 aliphatic heterocycles. The molecule has 114 valence electrons. The smallest absolute Gasteiger partial charge is 0.0663 e. The monoisotopic (exact) mass is 285 g/mol. The van der Waals surface area contributed by atoms with E-state index in [1.54, 1.807) is 0 Å². The molecule has 2 atom stereocenters. The number of benzene rings is 1. The number of nitrogens with two attached hydrogens (primary N) is 1. The minimum Gasteiger partial charge on any atom is -0.363 e. The second kappa shape index (κ2) is 4.99. The molecule has 3 nitrogen and oxygen atoms in total. The molecule has 0 bridgehead atoms. The Labute approximate surface area is 128 Å². The van der Waals surface area contributed by atoms with Crippen molar-refractivity contribution in [3.63, 3.8) is 0 Å². The summed E-state index contributed by atoms with van der Waals surface area (Å²) in [4.78, 5) is 5.35. The Kier molecular flexibility index (Phi) is 3.23. The summed E-state index contributed by atoms with van der Waals surface area (Å²) in [5, 5.41) is 0. The molecule has 1 saturated heterocycles. The molecule has 0 radical (unpaired) electrons. The molecule has 0 spiro atoms. The Bertz CT molecular complexity index is 525. The van der Waals surface area contributed by atoms with Crippen molar-refractivity contribution < 1.29 is 0 Å². The van der Waals surface area contributed by atoms with Crippen LogP contribution in [-0.4, -0.2) is 42.7 Å². The lowest BCUT2D eigenvalue weighted by Gasteiger charge is -2.47. The van der Waals surface area contributed by atoms with Crippen LogP contribution in [0.4, 0.5) is 5.69 Å². The maximum atomic E-state index is 6.32. The first-order chi connectivity index (χ1) is 10.2. The molecule has 2 N–H and O–H groups in total. The van der Waals surface area contributed by atoms with E-state index in [1.807, 2.05) is 0 Å². The first-order valence-electron chi connectivity index (χ1n) is 8.51. The van der Waals surface area contributed by atoms with Crippen LogP contribution >= 0.6 is 0 Å². The maximum absolute atomic E-state index is 6.32. The van der Waals surface area contributed by atoms with Crippen molar-refractivity contribution in [3.05, 3.63) is 29.8 Å². The number of anilines is 1. The molecule has 3 heteroatoms. The van der Waals surface area contributed by atoms with Crippen molar-refractivity contribution in [2.45, 2.75) is 44.2 Å². The van der Waals surface area contributed by atoms with Gasteiger partial charge in [0.25, 0.3) is 0 Å². The van der Waals surface area contributed by atoms with E-state index in [4.69, 9.17) is 5.73 Å². The van der Waals surface area contributed by atoms with Crippen LogP contribution in [0, 0.1) is 5.92 Å². The molecule has 0 amide bonds. The van der Waals surface area contributed by atoms with Crippen molar-refractivity contribution in [3.8, 4) is 0 Å². The van der Waals surface area contributed by atoms with Gasteiger partial charge in [0.1, 0.15) is 0 Å². The molecule has 4 rings (SSSR count). The second-order valence-electron chi connectivity index (χ2n) is 7.43. The number of para-hydroxylation sites is 1. The highest BCUT2D eigenvalue weighted by Gasteiger charge is 2.47. The highest BCUT2D eigenvalue weighted by Crippen LogP contribution is 2.41. The van der Waals surface area contributed by atoms with Gasteiger partial charge in [0, 0.05) is 37.9 Å². The highest BCUT2D eigenvalue weighted by atomic mass is 15.3. The van der Waals surface area contributed by atoms with Crippen LogP contribution in [0.1, 0.15) is 31.7 Å². The molecule has 3 aliphatic rings. The van der Waals surface area contributed by atoms with E-state index >= 15 is 0 Å². The zero-order chi connectivity index (χ0) is 14.4. The molecular weight excluding hydrogens is 258 g/mol. The Balaban J connectivity index is 1.67. The van der Waals surface area contributed by atoms with Crippen LogP contribution in [0.2, 0.25) is 0 Å². The standard InChI is InChI=1S/C18H27N3/c1-14-10-15-4-2-3-5-17(15)21(11-14)18(12-19)8-9-20(13-18)16-6-7-16/h2-5,14,16H,6-13,19H2,1H3. The van der Waals surface area contributed by atoms with Crippen LogP contribution in [0.5, 0.6) is 0 Å². The fourth-order valence-electron chi connectivity index (χ4n) is 4.38. The lowest BCUT2D eigenvalue weighted by atomic mass is 9.87. The van der Waals surface area contributed by atoms with Crippen molar-refractivity contribution in [2.24, 2.45) is 11.7 Å². The fourth-order valence-corrected chi connectivity index (χ4v) is 4.38. The summed E-state index contributed by atoms with van der Waals surface area (Å²) < 4.78 is 0. The van der Waals surface area contributed by atoms with Gasteiger partial charge in [0.2, 0.25) is 0 Å². The normalized spacial score (nSPS) is 33.2. The van der Waals surface area contributed by atoms with Crippen molar-refractivity contribution in [2.75, 3.05) is 31.1 Å². The number of fused-ring (bicyclic) bond motifs is 1. The van der Waals surface area contributed by atoms with Gasteiger partial charge in [0.15, 0.2) is 0 Å². The average molecular weight is 285 g/mol. The van der Waals surface area contributed by atoms with Gasteiger partial charge in [-0.3, -0.25) is 4.90 Å². The maximum Gasteiger partial charge on any atom is 0.0663 e. The summed E-state index contributed by atoms with van der Waals surface area (Å²) in [6.07, 6.45) is 5.22. The lowest BCUT2D eigenvalue weighted by Crippen LogP contribution is -2.58. The van der Waals surface area contributed by atoms with E-state index in [-0.39, 0.29) is 5.54 Å². The molecule has 1 saturated carbocycles. The fraction of sp³-hybridized carbons (Fsp3) is 0.667. The summed E-state index contributed by atoms with van der Waals surface area (Å²) in [6.45, 7) is 6.70. The topological polar surface area (TPSA) is 32.5 Å². The van der Waals surface area contributed by atoms with Gasteiger partial charge >= 0.3 is 0 Å². The molecule has 21 heavy (non-hydrogen) atoms. The van der Waals surface area contributed by atoms with Crippen LogP contribution in [0.3, 0.4) is 0 Å². The molecule has 1 aliphatic carbocycles.